The van der Waals surface area contributed by atoms with E-state index >= 15 is 0 Å². The van der Waals surface area contributed by atoms with Crippen LogP contribution in [0.15, 0.2) is 36.4 Å². The first kappa shape index (κ1) is 15.4. The van der Waals surface area contributed by atoms with Crippen LogP contribution in [0.3, 0.4) is 0 Å². The van der Waals surface area contributed by atoms with Crippen LogP contribution in [-0.2, 0) is 11.3 Å². The zero-order valence-corrected chi connectivity index (χ0v) is 13.0. The number of carbonyl (C=O) groups excluding carboxylic acids is 1. The molecule has 0 aliphatic rings. The lowest BCUT2D eigenvalue weighted by atomic mass is 10.1. The summed E-state index contributed by atoms with van der Waals surface area (Å²) in [6, 6.07) is 11.1. The number of hydrogen-bond donors (Lipinski definition) is 0. The molecule has 110 valence electrons. The van der Waals surface area contributed by atoms with E-state index < -0.39 is 0 Å². The first-order valence-electron chi connectivity index (χ1n) is 6.58. The number of benzene rings is 2. The maximum absolute atomic E-state index is 11.6. The number of ether oxygens (including phenoxy) is 2. The van der Waals surface area contributed by atoms with Gasteiger partial charge in [0.05, 0.1) is 12.7 Å². The van der Waals surface area contributed by atoms with Crippen LogP contribution < -0.4 is 4.74 Å². The molecular formula is C17H17ClO3. The molecule has 0 spiro atoms. The third-order valence-electron chi connectivity index (χ3n) is 3.21. The molecule has 21 heavy (non-hydrogen) atoms. The molecule has 2 aromatic rings. The van der Waals surface area contributed by atoms with E-state index in [9.17, 15) is 4.79 Å². The van der Waals surface area contributed by atoms with Gasteiger partial charge in [-0.1, -0.05) is 29.8 Å². The molecule has 0 bridgehead atoms. The second-order valence-electron chi connectivity index (χ2n) is 4.81. The van der Waals surface area contributed by atoms with Crippen molar-refractivity contribution in [2.75, 3.05) is 7.11 Å². The number of halogens is 1. The molecule has 0 saturated carbocycles. The van der Waals surface area contributed by atoms with Crippen LogP contribution in [0.25, 0.3) is 0 Å². The summed E-state index contributed by atoms with van der Waals surface area (Å²) < 4.78 is 10.6. The Kier molecular flexibility index (Phi) is 4.86. The molecule has 0 saturated heterocycles. The van der Waals surface area contributed by atoms with Crippen LogP contribution in [0.2, 0.25) is 5.02 Å². The lowest BCUT2D eigenvalue weighted by Crippen LogP contribution is -2.05. The Morgan fingerprint density at radius 2 is 1.76 bits per heavy atom. The smallest absolute Gasteiger partial charge is 0.337 e. The Hall–Kier alpha value is -2.00. The summed E-state index contributed by atoms with van der Waals surface area (Å²) in [5.41, 5.74) is 3.23. The van der Waals surface area contributed by atoms with Crippen molar-refractivity contribution < 1.29 is 14.3 Å². The van der Waals surface area contributed by atoms with Gasteiger partial charge in [0.15, 0.2) is 0 Å². The summed E-state index contributed by atoms with van der Waals surface area (Å²) in [6.07, 6.45) is 0. The largest absolute Gasteiger partial charge is 0.488 e. The maximum Gasteiger partial charge on any atom is 0.337 e. The summed E-state index contributed by atoms with van der Waals surface area (Å²) in [4.78, 5) is 11.6. The fourth-order valence-corrected chi connectivity index (χ4v) is 2.37. The molecule has 0 aliphatic heterocycles. The molecule has 0 aromatic heterocycles. The van der Waals surface area contributed by atoms with E-state index in [0.717, 1.165) is 22.4 Å². The van der Waals surface area contributed by atoms with Gasteiger partial charge in [-0.3, -0.25) is 0 Å². The van der Waals surface area contributed by atoms with E-state index in [1.54, 1.807) is 12.1 Å². The Bertz CT molecular complexity index is 642. The molecule has 0 heterocycles. The third-order valence-corrected chi connectivity index (χ3v) is 3.58. The minimum absolute atomic E-state index is 0.348. The van der Waals surface area contributed by atoms with E-state index in [1.807, 2.05) is 38.1 Å². The van der Waals surface area contributed by atoms with Crippen molar-refractivity contribution in [2.45, 2.75) is 20.5 Å². The van der Waals surface area contributed by atoms with Crippen molar-refractivity contribution in [3.05, 3.63) is 63.7 Å². The number of methoxy groups -OCH3 is 1. The van der Waals surface area contributed by atoms with E-state index in [4.69, 9.17) is 21.1 Å². The Morgan fingerprint density at radius 1 is 1.14 bits per heavy atom. The Labute approximate surface area is 129 Å². The summed E-state index contributed by atoms with van der Waals surface area (Å²) in [5.74, 6) is 0.418. The third kappa shape index (κ3) is 3.56. The Morgan fingerprint density at radius 3 is 2.33 bits per heavy atom. The predicted octanol–water partition coefficient (Wildman–Crippen LogP) is 4.32. The standard InChI is InChI=1S/C17H17ClO3/c1-11-8-14(17(19)20-3)9-12(2)16(11)21-10-13-6-4-5-7-15(13)18/h4-9H,10H2,1-3H3. The zero-order chi connectivity index (χ0) is 15.4. The Balaban J connectivity index is 2.21. The van der Waals surface area contributed by atoms with Crippen LogP contribution >= 0.6 is 11.6 Å². The highest BCUT2D eigenvalue weighted by atomic mass is 35.5. The second kappa shape index (κ2) is 6.64. The maximum atomic E-state index is 11.6. The van der Waals surface area contributed by atoms with Crippen molar-refractivity contribution in [1.29, 1.82) is 0 Å². The fourth-order valence-electron chi connectivity index (χ4n) is 2.18. The lowest BCUT2D eigenvalue weighted by Gasteiger charge is -2.14. The van der Waals surface area contributed by atoms with E-state index in [1.165, 1.54) is 7.11 Å². The molecule has 0 unspecified atom stereocenters. The van der Waals surface area contributed by atoms with Crippen molar-refractivity contribution in [2.24, 2.45) is 0 Å². The van der Waals surface area contributed by atoms with Gasteiger partial charge >= 0.3 is 5.97 Å². The number of aryl methyl sites for hydroxylation is 2. The highest BCUT2D eigenvalue weighted by molar-refractivity contribution is 6.31. The van der Waals surface area contributed by atoms with E-state index in [0.29, 0.717) is 17.2 Å². The van der Waals surface area contributed by atoms with Gasteiger partial charge in [-0.15, -0.1) is 0 Å². The van der Waals surface area contributed by atoms with Gasteiger partial charge in [-0.25, -0.2) is 4.79 Å². The van der Waals surface area contributed by atoms with Crippen LogP contribution in [0, 0.1) is 13.8 Å². The molecule has 0 aliphatic carbocycles. The number of hydrogen-bond acceptors (Lipinski definition) is 3. The molecule has 0 atom stereocenters. The summed E-state index contributed by atoms with van der Waals surface area (Å²) >= 11 is 6.11. The van der Waals surface area contributed by atoms with Crippen molar-refractivity contribution in [3.63, 3.8) is 0 Å². The first-order chi connectivity index (χ1) is 10.0. The van der Waals surface area contributed by atoms with Gasteiger partial charge in [0.25, 0.3) is 0 Å². The van der Waals surface area contributed by atoms with Crippen molar-refractivity contribution in [3.8, 4) is 5.75 Å². The minimum Gasteiger partial charge on any atom is -0.488 e. The first-order valence-corrected chi connectivity index (χ1v) is 6.96. The topological polar surface area (TPSA) is 35.5 Å². The van der Waals surface area contributed by atoms with Crippen LogP contribution in [0.1, 0.15) is 27.0 Å². The molecule has 0 N–H and O–H groups in total. The lowest BCUT2D eigenvalue weighted by molar-refractivity contribution is 0.0600. The van der Waals surface area contributed by atoms with Crippen LogP contribution in [-0.4, -0.2) is 13.1 Å². The minimum atomic E-state index is -0.348. The molecule has 4 heteroatoms. The molecule has 0 fully saturated rings. The van der Waals surface area contributed by atoms with E-state index in [-0.39, 0.29) is 5.97 Å². The number of carbonyl (C=O) groups is 1. The normalized spacial score (nSPS) is 10.3. The highest BCUT2D eigenvalue weighted by Gasteiger charge is 2.12. The molecular weight excluding hydrogens is 288 g/mol. The van der Waals surface area contributed by atoms with Gasteiger partial charge < -0.3 is 9.47 Å². The molecule has 2 aromatic carbocycles. The van der Waals surface area contributed by atoms with Gasteiger partial charge in [0.2, 0.25) is 0 Å². The SMILES string of the molecule is COC(=O)c1cc(C)c(OCc2ccccc2Cl)c(C)c1. The second-order valence-corrected chi connectivity index (χ2v) is 5.22. The molecule has 3 nitrogen and oxygen atoms in total. The average Bonchev–Trinajstić information content (AvgIpc) is 2.47. The van der Waals surface area contributed by atoms with Crippen molar-refractivity contribution >= 4 is 17.6 Å². The molecule has 0 amide bonds. The van der Waals surface area contributed by atoms with Crippen LogP contribution in [0.5, 0.6) is 5.75 Å². The molecule has 0 radical (unpaired) electrons. The summed E-state index contributed by atoms with van der Waals surface area (Å²) in [5, 5.41) is 0.680. The van der Waals surface area contributed by atoms with Gasteiger partial charge in [0.1, 0.15) is 12.4 Å². The fraction of sp³-hybridized carbons (Fsp3) is 0.235. The predicted molar refractivity (Wildman–Crippen MR) is 83.0 cm³/mol. The summed E-state index contributed by atoms with van der Waals surface area (Å²) in [7, 11) is 1.37. The van der Waals surface area contributed by atoms with E-state index in [2.05, 4.69) is 0 Å². The average molecular weight is 305 g/mol. The zero-order valence-electron chi connectivity index (χ0n) is 12.3. The monoisotopic (exact) mass is 304 g/mol. The van der Waals surface area contributed by atoms with Gasteiger partial charge in [-0.05, 0) is 43.2 Å². The highest BCUT2D eigenvalue weighted by Crippen LogP contribution is 2.27. The quantitative estimate of drug-likeness (QED) is 0.789. The number of esters is 1. The van der Waals surface area contributed by atoms with Gasteiger partial charge in [0, 0.05) is 10.6 Å². The van der Waals surface area contributed by atoms with Crippen LogP contribution in [0.4, 0.5) is 0 Å². The van der Waals surface area contributed by atoms with Gasteiger partial charge in [-0.2, -0.15) is 0 Å². The van der Waals surface area contributed by atoms with Crippen molar-refractivity contribution in [1.82, 2.24) is 0 Å². The number of rotatable bonds is 4. The summed E-state index contributed by atoms with van der Waals surface area (Å²) in [6.45, 7) is 4.20. The molecule has 2 rings (SSSR count).